The predicted octanol–water partition coefficient (Wildman–Crippen LogP) is 3.87. The number of aliphatic hydroxyl groups is 1. The molecule has 0 aliphatic carbocycles. The lowest BCUT2D eigenvalue weighted by atomic mass is 10.1. The first-order chi connectivity index (χ1) is 12.2. The fraction of sp³-hybridized carbons (Fsp3) is 0.250. The van der Waals surface area contributed by atoms with Crippen molar-refractivity contribution in [2.45, 2.75) is 26.0 Å². The fourth-order valence-electron chi connectivity index (χ4n) is 2.64. The number of hydrogen-bond acceptors (Lipinski definition) is 4. The molecule has 1 atom stereocenters. The van der Waals surface area contributed by atoms with Gasteiger partial charge in [-0.05, 0) is 42.3 Å². The summed E-state index contributed by atoms with van der Waals surface area (Å²) in [6.45, 7) is 2.88. The minimum Gasteiger partial charge on any atom is -0.444 e. The Morgan fingerprint density at radius 1 is 1.20 bits per heavy atom. The van der Waals surface area contributed by atoms with Crippen LogP contribution >= 0.6 is 0 Å². The van der Waals surface area contributed by atoms with Crippen LogP contribution in [0.5, 0.6) is 0 Å². The average molecular weight is 340 g/mol. The summed E-state index contributed by atoms with van der Waals surface area (Å²) in [5.74, 6) is 0.220. The van der Waals surface area contributed by atoms with E-state index in [1.807, 2.05) is 24.3 Å². The Morgan fingerprint density at radius 2 is 2.00 bits per heavy atom. The van der Waals surface area contributed by atoms with E-state index in [4.69, 9.17) is 4.42 Å². The first-order valence-corrected chi connectivity index (χ1v) is 8.29. The van der Waals surface area contributed by atoms with Gasteiger partial charge in [0.2, 0.25) is 5.89 Å². The van der Waals surface area contributed by atoms with Gasteiger partial charge in [-0.2, -0.15) is 0 Å². The molecule has 1 heterocycles. The zero-order valence-corrected chi connectivity index (χ0v) is 14.1. The molecule has 0 aliphatic rings. The number of nitrogens with zero attached hydrogens (tertiary/aromatic N) is 1. The van der Waals surface area contributed by atoms with Crippen LogP contribution in [0.1, 0.15) is 29.8 Å². The number of aliphatic hydroxyl groups excluding tert-OH is 1. The molecule has 4 nitrogen and oxygen atoms in total. The fourth-order valence-corrected chi connectivity index (χ4v) is 2.64. The topological polar surface area (TPSA) is 58.3 Å². The van der Waals surface area contributed by atoms with Gasteiger partial charge in [0.15, 0.2) is 0 Å². The third-order valence-electron chi connectivity index (χ3n) is 4.11. The third kappa shape index (κ3) is 4.53. The van der Waals surface area contributed by atoms with Gasteiger partial charge in [-0.15, -0.1) is 0 Å². The summed E-state index contributed by atoms with van der Waals surface area (Å²) in [7, 11) is 0. The molecule has 0 radical (unpaired) electrons. The van der Waals surface area contributed by atoms with Gasteiger partial charge < -0.3 is 14.8 Å². The summed E-state index contributed by atoms with van der Waals surface area (Å²) in [6.07, 6.45) is 2.37. The van der Waals surface area contributed by atoms with E-state index in [-0.39, 0.29) is 18.5 Å². The molecule has 0 spiro atoms. The second kappa shape index (κ2) is 8.05. The van der Waals surface area contributed by atoms with E-state index in [1.54, 1.807) is 18.4 Å². The molecule has 25 heavy (non-hydrogen) atoms. The zero-order valence-electron chi connectivity index (χ0n) is 14.1. The first kappa shape index (κ1) is 17.3. The molecule has 0 saturated heterocycles. The first-order valence-electron chi connectivity index (χ1n) is 8.29. The van der Waals surface area contributed by atoms with Crippen LogP contribution in [0.3, 0.4) is 0 Å². The summed E-state index contributed by atoms with van der Waals surface area (Å²) in [4.78, 5) is 4.44. The van der Waals surface area contributed by atoms with Crippen LogP contribution in [0.15, 0.2) is 59.2 Å². The molecule has 0 fully saturated rings. The van der Waals surface area contributed by atoms with E-state index >= 15 is 0 Å². The molecular formula is C20H21FN2O2. The highest BCUT2D eigenvalue weighted by Crippen LogP contribution is 2.19. The third-order valence-corrected chi connectivity index (χ3v) is 4.11. The molecule has 2 aromatic carbocycles. The Balaban J connectivity index is 1.54. The Hall–Kier alpha value is -2.50. The van der Waals surface area contributed by atoms with E-state index in [2.05, 4.69) is 17.2 Å². The summed E-state index contributed by atoms with van der Waals surface area (Å²) >= 11 is 0. The predicted molar refractivity (Wildman–Crippen MR) is 94.4 cm³/mol. The summed E-state index contributed by atoms with van der Waals surface area (Å²) in [5.41, 5.74) is 3.66. The van der Waals surface area contributed by atoms with Gasteiger partial charge in [-0.1, -0.05) is 24.3 Å². The van der Waals surface area contributed by atoms with Crippen molar-refractivity contribution in [3.63, 3.8) is 0 Å². The Kier molecular flexibility index (Phi) is 5.58. The highest BCUT2D eigenvalue weighted by atomic mass is 19.1. The van der Waals surface area contributed by atoms with Crippen LogP contribution in [0, 0.1) is 5.82 Å². The van der Waals surface area contributed by atoms with Crippen molar-refractivity contribution in [1.82, 2.24) is 10.3 Å². The number of oxazole rings is 1. The van der Waals surface area contributed by atoms with Gasteiger partial charge in [0.1, 0.15) is 12.1 Å². The number of hydrogen-bond donors (Lipinski definition) is 2. The van der Waals surface area contributed by atoms with E-state index in [9.17, 15) is 9.50 Å². The number of halogens is 1. The van der Waals surface area contributed by atoms with E-state index in [0.29, 0.717) is 5.89 Å². The maximum Gasteiger partial charge on any atom is 0.226 e. The van der Waals surface area contributed by atoms with Crippen LogP contribution in [-0.4, -0.2) is 16.6 Å². The molecule has 3 aromatic rings. The molecular weight excluding hydrogens is 319 g/mol. The van der Waals surface area contributed by atoms with Gasteiger partial charge in [-0.25, -0.2) is 9.37 Å². The lowest BCUT2D eigenvalue weighted by molar-refractivity contribution is 0.281. The highest BCUT2D eigenvalue weighted by molar-refractivity contribution is 5.52. The summed E-state index contributed by atoms with van der Waals surface area (Å²) in [6, 6.07) is 14.2. The quantitative estimate of drug-likeness (QED) is 0.685. The molecule has 0 bridgehead atoms. The lowest BCUT2D eigenvalue weighted by Gasteiger charge is -2.14. The van der Waals surface area contributed by atoms with Crippen LogP contribution in [0.25, 0.3) is 11.5 Å². The summed E-state index contributed by atoms with van der Waals surface area (Å²) in [5, 5.41) is 12.7. The second-order valence-corrected chi connectivity index (χ2v) is 5.98. The van der Waals surface area contributed by atoms with Gasteiger partial charge >= 0.3 is 0 Å². The van der Waals surface area contributed by atoms with E-state index in [0.717, 1.165) is 35.3 Å². The molecule has 1 unspecified atom stereocenters. The standard InChI is InChI=1S/C20H21FN2O2/c1-14(17-4-2-3-15(11-17)12-24)22-10-9-19-13-25-20(23-19)16-5-7-18(21)8-6-16/h2-8,11,13-14,22,24H,9-10,12H2,1H3. The molecule has 5 heteroatoms. The van der Waals surface area contributed by atoms with Crippen molar-refractivity contribution in [2.75, 3.05) is 6.54 Å². The maximum atomic E-state index is 13.0. The van der Waals surface area contributed by atoms with Gasteiger partial charge in [-0.3, -0.25) is 0 Å². The van der Waals surface area contributed by atoms with Gasteiger partial charge in [0.05, 0.1) is 12.3 Å². The van der Waals surface area contributed by atoms with Crippen LogP contribution in [-0.2, 0) is 13.0 Å². The van der Waals surface area contributed by atoms with Gasteiger partial charge in [0.25, 0.3) is 0 Å². The molecule has 130 valence electrons. The number of nitrogens with one attached hydrogen (secondary N) is 1. The molecule has 1 aromatic heterocycles. The smallest absolute Gasteiger partial charge is 0.226 e. The number of aromatic nitrogens is 1. The highest BCUT2D eigenvalue weighted by Gasteiger charge is 2.09. The molecule has 0 amide bonds. The lowest BCUT2D eigenvalue weighted by Crippen LogP contribution is -2.21. The monoisotopic (exact) mass is 340 g/mol. The minimum atomic E-state index is -0.279. The van der Waals surface area contributed by atoms with E-state index in [1.165, 1.54) is 12.1 Å². The summed E-state index contributed by atoms with van der Waals surface area (Å²) < 4.78 is 18.4. The minimum absolute atomic E-state index is 0.0473. The van der Waals surface area contributed by atoms with Crippen LogP contribution < -0.4 is 5.32 Å². The number of rotatable bonds is 7. The van der Waals surface area contributed by atoms with Crippen molar-refractivity contribution < 1.29 is 13.9 Å². The molecule has 3 rings (SSSR count). The van der Waals surface area contributed by atoms with Crippen LogP contribution in [0.2, 0.25) is 0 Å². The van der Waals surface area contributed by atoms with Crippen molar-refractivity contribution in [3.8, 4) is 11.5 Å². The SMILES string of the molecule is CC(NCCc1coc(-c2ccc(F)cc2)n1)c1cccc(CO)c1. The zero-order chi connectivity index (χ0) is 17.6. The van der Waals surface area contributed by atoms with E-state index < -0.39 is 0 Å². The normalized spacial score (nSPS) is 12.3. The Morgan fingerprint density at radius 3 is 2.76 bits per heavy atom. The molecule has 2 N–H and O–H groups in total. The molecule has 0 saturated carbocycles. The van der Waals surface area contributed by atoms with Gasteiger partial charge in [0, 0.05) is 24.6 Å². The number of benzene rings is 2. The van der Waals surface area contributed by atoms with Crippen molar-refractivity contribution in [3.05, 3.63) is 77.4 Å². The van der Waals surface area contributed by atoms with Crippen LogP contribution in [0.4, 0.5) is 4.39 Å². The largest absolute Gasteiger partial charge is 0.444 e. The second-order valence-electron chi connectivity index (χ2n) is 5.98. The Labute approximate surface area is 146 Å². The van der Waals surface area contributed by atoms with Crippen molar-refractivity contribution in [2.24, 2.45) is 0 Å². The molecule has 0 aliphatic heterocycles. The van der Waals surface area contributed by atoms with Crippen molar-refractivity contribution in [1.29, 1.82) is 0 Å². The van der Waals surface area contributed by atoms with Crippen molar-refractivity contribution >= 4 is 0 Å². The Bertz CT molecular complexity index is 815. The average Bonchev–Trinajstić information content (AvgIpc) is 3.11. The maximum absolute atomic E-state index is 13.0.